The van der Waals surface area contributed by atoms with Crippen LogP contribution < -0.4 is 10.4 Å². The third kappa shape index (κ3) is 3.06. The molecule has 1 atom stereocenters. The number of ketones is 1. The van der Waals surface area contributed by atoms with Crippen molar-refractivity contribution in [2.75, 3.05) is 0 Å². The Kier molecular flexibility index (Phi) is 4.55. The van der Waals surface area contributed by atoms with E-state index in [2.05, 4.69) is 13.8 Å². The first-order chi connectivity index (χ1) is 15.2. The molecule has 4 aromatic rings. The summed E-state index contributed by atoms with van der Waals surface area (Å²) in [6.07, 6.45) is 0. The third-order valence-electron chi connectivity index (χ3n) is 6.02. The van der Waals surface area contributed by atoms with Crippen LogP contribution in [0, 0.1) is 0 Å². The van der Waals surface area contributed by atoms with Gasteiger partial charge in [0.2, 0.25) is 0 Å². The smallest absolute Gasteiger partial charge is 0.347 e. The van der Waals surface area contributed by atoms with E-state index >= 15 is 0 Å². The number of Topliss-reactive ketones (excluding diaryl/α,β-unsaturated/α-hetero) is 1. The molecule has 6 heteroatoms. The first-order valence-electron chi connectivity index (χ1n) is 10.6. The maximum Gasteiger partial charge on any atom is 0.347 e. The lowest BCUT2D eigenvalue weighted by atomic mass is 9.89. The Morgan fingerprint density at radius 3 is 2.19 bits per heavy atom. The highest BCUT2D eigenvalue weighted by molar-refractivity contribution is 6.17. The number of hydrogen-bond acceptors (Lipinski definition) is 6. The Bertz CT molecular complexity index is 1470. The molecule has 162 valence electrons. The number of rotatable bonds is 3. The van der Waals surface area contributed by atoms with Crippen LogP contribution in [0.3, 0.4) is 0 Å². The van der Waals surface area contributed by atoms with Gasteiger partial charge in [-0.05, 0) is 53.3 Å². The van der Waals surface area contributed by atoms with Crippen LogP contribution in [0.15, 0.2) is 56.1 Å². The van der Waals surface area contributed by atoms with Gasteiger partial charge in [-0.1, -0.05) is 39.8 Å². The van der Waals surface area contributed by atoms with Crippen LogP contribution in [-0.2, 0) is 4.79 Å². The largest absolute Gasteiger partial charge is 0.459 e. The average molecular weight is 430 g/mol. The second-order valence-electron chi connectivity index (χ2n) is 8.82. The molecule has 32 heavy (non-hydrogen) atoms. The second-order valence-corrected chi connectivity index (χ2v) is 8.82. The molecule has 2 aromatic carbocycles. The molecule has 0 saturated heterocycles. The van der Waals surface area contributed by atoms with Gasteiger partial charge in [-0.3, -0.25) is 9.59 Å². The molecule has 2 aromatic heterocycles. The van der Waals surface area contributed by atoms with Crippen molar-refractivity contribution in [2.24, 2.45) is 0 Å². The summed E-state index contributed by atoms with van der Waals surface area (Å²) in [6, 6.07) is 12.2. The van der Waals surface area contributed by atoms with Gasteiger partial charge in [0, 0.05) is 0 Å². The highest BCUT2D eigenvalue weighted by Crippen LogP contribution is 2.38. The Labute approximate surface area is 183 Å². The molecule has 1 unspecified atom stereocenters. The second kappa shape index (κ2) is 7.19. The zero-order valence-electron chi connectivity index (χ0n) is 18.2. The molecule has 0 fully saturated rings. The van der Waals surface area contributed by atoms with E-state index in [1.807, 2.05) is 32.0 Å². The molecule has 6 nitrogen and oxygen atoms in total. The van der Waals surface area contributed by atoms with Crippen LogP contribution >= 0.6 is 0 Å². The molecule has 3 heterocycles. The van der Waals surface area contributed by atoms with Gasteiger partial charge in [0.25, 0.3) is 0 Å². The lowest BCUT2D eigenvalue weighted by molar-refractivity contribution is -0.135. The van der Waals surface area contributed by atoms with Crippen LogP contribution in [0.4, 0.5) is 0 Å². The minimum absolute atomic E-state index is 0.0744. The number of carbonyl (C=O) groups is 2. The Hall–Kier alpha value is -3.67. The summed E-state index contributed by atoms with van der Waals surface area (Å²) in [7, 11) is 0. The fraction of sp³-hybridized carbons (Fsp3) is 0.269. The normalized spacial score (nSPS) is 16.2. The van der Waals surface area contributed by atoms with E-state index in [4.69, 9.17) is 13.6 Å². The predicted molar refractivity (Wildman–Crippen MR) is 120 cm³/mol. The molecule has 0 saturated carbocycles. The van der Waals surface area contributed by atoms with E-state index in [9.17, 15) is 14.4 Å². The highest BCUT2D eigenvalue weighted by Gasteiger charge is 2.40. The quantitative estimate of drug-likeness (QED) is 0.180. The number of esters is 1. The van der Waals surface area contributed by atoms with E-state index in [0.29, 0.717) is 22.1 Å². The minimum Gasteiger partial charge on any atom is -0.459 e. The van der Waals surface area contributed by atoms with Crippen LogP contribution in [-0.4, -0.2) is 11.8 Å². The molecule has 0 aliphatic carbocycles. The zero-order valence-corrected chi connectivity index (χ0v) is 18.2. The minimum atomic E-state index is -1.28. The SMILES string of the molecule is CC(C)c1ccc2c(c1)C(=O)C(c1cc3c(=O)oc4ccc(C(C)C)cc4c3o1)C(=O)O2. The summed E-state index contributed by atoms with van der Waals surface area (Å²) in [6.45, 7) is 8.16. The van der Waals surface area contributed by atoms with E-state index in [0.717, 1.165) is 11.1 Å². The molecule has 1 aliphatic heterocycles. The van der Waals surface area contributed by atoms with Crippen LogP contribution in [0.25, 0.3) is 21.9 Å². The van der Waals surface area contributed by atoms with Crippen molar-refractivity contribution in [2.45, 2.75) is 45.4 Å². The molecule has 1 aliphatic rings. The van der Waals surface area contributed by atoms with Crippen molar-refractivity contribution in [3.63, 3.8) is 0 Å². The van der Waals surface area contributed by atoms with E-state index in [-0.39, 0.29) is 28.7 Å². The number of fused-ring (bicyclic) bond motifs is 4. The van der Waals surface area contributed by atoms with Gasteiger partial charge in [0.15, 0.2) is 17.3 Å². The Morgan fingerprint density at radius 2 is 1.47 bits per heavy atom. The van der Waals surface area contributed by atoms with Crippen molar-refractivity contribution < 1.29 is 23.2 Å². The molecule has 0 spiro atoms. The Morgan fingerprint density at radius 1 is 0.781 bits per heavy atom. The molecule has 0 amide bonds. The monoisotopic (exact) mass is 430 g/mol. The van der Waals surface area contributed by atoms with Gasteiger partial charge < -0.3 is 13.6 Å². The fourth-order valence-electron chi connectivity index (χ4n) is 4.10. The van der Waals surface area contributed by atoms with Gasteiger partial charge in [-0.15, -0.1) is 0 Å². The van der Waals surface area contributed by atoms with Crippen molar-refractivity contribution in [3.8, 4) is 5.75 Å². The van der Waals surface area contributed by atoms with Gasteiger partial charge in [0.1, 0.15) is 22.5 Å². The first-order valence-corrected chi connectivity index (χ1v) is 10.6. The zero-order chi connectivity index (χ0) is 22.7. The number of furan rings is 1. The highest BCUT2D eigenvalue weighted by atomic mass is 16.5. The average Bonchev–Trinajstić information content (AvgIpc) is 3.19. The van der Waals surface area contributed by atoms with Crippen LogP contribution in [0.2, 0.25) is 0 Å². The standard InChI is InChI=1S/C26H22O6/c1-12(2)14-5-7-19-16(9-14)23(27)22(26(29)32-19)21-11-18-24(30-21)17-10-15(13(3)4)6-8-20(17)31-25(18)28/h5-13,22H,1-4H3. The van der Waals surface area contributed by atoms with Gasteiger partial charge in [0.05, 0.1) is 10.9 Å². The van der Waals surface area contributed by atoms with Crippen LogP contribution in [0.5, 0.6) is 5.75 Å². The van der Waals surface area contributed by atoms with Crippen molar-refractivity contribution in [1.29, 1.82) is 0 Å². The summed E-state index contributed by atoms with van der Waals surface area (Å²) in [4.78, 5) is 38.6. The van der Waals surface area contributed by atoms with Crippen molar-refractivity contribution in [3.05, 3.63) is 75.3 Å². The molecule has 0 N–H and O–H groups in total. The summed E-state index contributed by atoms with van der Waals surface area (Å²) in [5.74, 6) is -1.63. The number of ether oxygens (including phenoxy) is 1. The van der Waals surface area contributed by atoms with Gasteiger partial charge in [-0.25, -0.2) is 4.79 Å². The first kappa shape index (κ1) is 20.2. The molecule has 0 bridgehead atoms. The van der Waals surface area contributed by atoms with Crippen molar-refractivity contribution >= 4 is 33.7 Å². The van der Waals surface area contributed by atoms with E-state index in [1.54, 1.807) is 18.2 Å². The number of benzene rings is 2. The predicted octanol–water partition coefficient (Wildman–Crippen LogP) is 5.67. The van der Waals surface area contributed by atoms with Gasteiger partial charge in [-0.2, -0.15) is 0 Å². The maximum atomic E-state index is 13.3. The summed E-state index contributed by atoms with van der Waals surface area (Å²) in [5.41, 5.74) is 2.45. The maximum absolute atomic E-state index is 13.3. The number of carbonyl (C=O) groups excluding carboxylic acids is 2. The van der Waals surface area contributed by atoms with E-state index < -0.39 is 23.3 Å². The summed E-state index contributed by atoms with van der Waals surface area (Å²) in [5, 5.41) is 0.812. The molecular weight excluding hydrogens is 408 g/mol. The van der Waals surface area contributed by atoms with Gasteiger partial charge >= 0.3 is 11.6 Å². The topological polar surface area (TPSA) is 86.7 Å². The fourth-order valence-corrected chi connectivity index (χ4v) is 4.10. The molecule has 0 radical (unpaired) electrons. The summed E-state index contributed by atoms with van der Waals surface area (Å²) < 4.78 is 16.9. The Balaban J connectivity index is 1.68. The molecule has 5 rings (SSSR count). The lowest BCUT2D eigenvalue weighted by Gasteiger charge is -2.22. The molecular formula is C26H22O6. The van der Waals surface area contributed by atoms with E-state index in [1.165, 1.54) is 6.07 Å². The third-order valence-corrected chi connectivity index (χ3v) is 6.02. The van der Waals surface area contributed by atoms with Crippen molar-refractivity contribution in [1.82, 2.24) is 0 Å². The lowest BCUT2D eigenvalue weighted by Crippen LogP contribution is -2.31. The number of hydrogen-bond donors (Lipinski definition) is 0. The summed E-state index contributed by atoms with van der Waals surface area (Å²) >= 11 is 0. The van der Waals surface area contributed by atoms with Crippen LogP contribution in [0.1, 0.15) is 72.7 Å².